The Kier molecular flexibility index (Phi) is 4.74. The standard InChI is InChI=1S/C19H20BrN5O/c1-2-24-9-11-25(12-10-24)19-22-17-16(18(26)23-19)15(7-8-21-17)13-3-5-14(20)6-4-13/h3-8H,2,9-12H2,1H3,(H,21,22,23,26). The van der Waals surface area contributed by atoms with Gasteiger partial charge in [-0.1, -0.05) is 35.0 Å². The van der Waals surface area contributed by atoms with Gasteiger partial charge in [0.1, 0.15) is 0 Å². The Morgan fingerprint density at radius 3 is 2.54 bits per heavy atom. The van der Waals surface area contributed by atoms with E-state index in [1.807, 2.05) is 30.3 Å². The van der Waals surface area contributed by atoms with Crippen LogP contribution in [0, 0.1) is 0 Å². The Labute approximate surface area is 160 Å². The van der Waals surface area contributed by atoms with Crippen molar-refractivity contribution in [3.8, 4) is 11.1 Å². The fourth-order valence-corrected chi connectivity index (χ4v) is 3.61. The highest BCUT2D eigenvalue weighted by Crippen LogP contribution is 2.26. The van der Waals surface area contributed by atoms with Gasteiger partial charge >= 0.3 is 0 Å². The molecule has 0 saturated carbocycles. The first kappa shape index (κ1) is 17.2. The van der Waals surface area contributed by atoms with Crippen molar-refractivity contribution in [3.63, 3.8) is 0 Å². The topological polar surface area (TPSA) is 65.1 Å². The number of hydrogen-bond acceptors (Lipinski definition) is 5. The van der Waals surface area contributed by atoms with Gasteiger partial charge in [-0.15, -0.1) is 0 Å². The van der Waals surface area contributed by atoms with Gasteiger partial charge in [0, 0.05) is 36.8 Å². The molecule has 1 fully saturated rings. The van der Waals surface area contributed by atoms with Crippen LogP contribution in [-0.4, -0.2) is 52.6 Å². The lowest BCUT2D eigenvalue weighted by atomic mass is 10.0. The zero-order chi connectivity index (χ0) is 18.1. The maximum absolute atomic E-state index is 12.8. The Balaban J connectivity index is 1.75. The largest absolute Gasteiger partial charge is 0.340 e. The smallest absolute Gasteiger partial charge is 0.262 e. The average molecular weight is 414 g/mol. The minimum absolute atomic E-state index is 0.145. The molecule has 0 spiro atoms. The molecule has 0 amide bonds. The Morgan fingerprint density at radius 1 is 1.12 bits per heavy atom. The molecule has 6 nitrogen and oxygen atoms in total. The molecule has 1 aliphatic heterocycles. The molecule has 0 atom stereocenters. The first-order valence-corrected chi connectivity index (χ1v) is 9.57. The molecule has 4 rings (SSSR count). The summed E-state index contributed by atoms with van der Waals surface area (Å²) in [6, 6.07) is 9.75. The summed E-state index contributed by atoms with van der Waals surface area (Å²) in [7, 11) is 0. The van der Waals surface area contributed by atoms with Crippen molar-refractivity contribution in [1.82, 2.24) is 19.9 Å². The van der Waals surface area contributed by atoms with E-state index in [0.717, 1.165) is 48.3 Å². The Morgan fingerprint density at radius 2 is 1.85 bits per heavy atom. The monoisotopic (exact) mass is 413 g/mol. The SMILES string of the molecule is CCN1CCN(c2nc3nccc(-c4ccc(Br)cc4)c3c(=O)[nH]2)CC1. The van der Waals surface area contributed by atoms with E-state index in [9.17, 15) is 4.79 Å². The molecule has 1 aromatic carbocycles. The number of nitrogens with one attached hydrogen (secondary N) is 1. The van der Waals surface area contributed by atoms with Crippen molar-refractivity contribution in [1.29, 1.82) is 0 Å². The second-order valence-corrected chi connectivity index (χ2v) is 7.29. The highest BCUT2D eigenvalue weighted by molar-refractivity contribution is 9.10. The van der Waals surface area contributed by atoms with Crippen molar-refractivity contribution >= 4 is 32.9 Å². The van der Waals surface area contributed by atoms with E-state index in [0.29, 0.717) is 17.0 Å². The molecule has 26 heavy (non-hydrogen) atoms. The lowest BCUT2D eigenvalue weighted by Gasteiger charge is -2.34. The van der Waals surface area contributed by atoms with Crippen LogP contribution in [0.5, 0.6) is 0 Å². The number of pyridine rings is 1. The summed E-state index contributed by atoms with van der Waals surface area (Å²) in [6.07, 6.45) is 1.71. The van der Waals surface area contributed by atoms with Crippen LogP contribution in [0.4, 0.5) is 5.95 Å². The number of hydrogen-bond donors (Lipinski definition) is 1. The van der Waals surface area contributed by atoms with Gasteiger partial charge in [-0.25, -0.2) is 4.98 Å². The predicted molar refractivity (Wildman–Crippen MR) is 108 cm³/mol. The number of rotatable bonds is 3. The second kappa shape index (κ2) is 7.17. The summed E-state index contributed by atoms with van der Waals surface area (Å²) in [5.74, 6) is 0.610. The maximum atomic E-state index is 12.8. The molecule has 3 aromatic rings. The number of benzene rings is 1. The summed E-state index contributed by atoms with van der Waals surface area (Å²) in [5.41, 5.74) is 2.16. The van der Waals surface area contributed by atoms with Crippen molar-refractivity contribution in [2.24, 2.45) is 0 Å². The van der Waals surface area contributed by atoms with E-state index in [-0.39, 0.29) is 5.56 Å². The summed E-state index contributed by atoms with van der Waals surface area (Å²) in [6.45, 7) is 6.88. The second-order valence-electron chi connectivity index (χ2n) is 6.37. The third-order valence-corrected chi connectivity index (χ3v) is 5.40. The predicted octanol–water partition coefficient (Wildman–Crippen LogP) is 2.89. The van der Waals surface area contributed by atoms with Crippen molar-refractivity contribution in [2.45, 2.75) is 6.92 Å². The summed E-state index contributed by atoms with van der Waals surface area (Å²) >= 11 is 3.44. The molecule has 7 heteroatoms. The lowest BCUT2D eigenvalue weighted by molar-refractivity contribution is 0.270. The molecule has 0 aliphatic carbocycles. The number of aromatic amines is 1. The first-order valence-electron chi connectivity index (χ1n) is 8.78. The van der Waals surface area contributed by atoms with Gasteiger partial charge in [0.15, 0.2) is 5.65 Å². The van der Waals surface area contributed by atoms with E-state index in [2.05, 4.69) is 47.6 Å². The highest BCUT2D eigenvalue weighted by Gasteiger charge is 2.19. The molecule has 1 aliphatic rings. The highest BCUT2D eigenvalue weighted by atomic mass is 79.9. The average Bonchev–Trinajstić information content (AvgIpc) is 2.68. The minimum atomic E-state index is -0.145. The number of piperazine rings is 1. The Hall–Kier alpha value is -2.25. The molecular weight excluding hydrogens is 394 g/mol. The number of aromatic nitrogens is 3. The Bertz CT molecular complexity index is 977. The number of halogens is 1. The van der Waals surface area contributed by atoms with Crippen LogP contribution in [0.15, 0.2) is 45.8 Å². The van der Waals surface area contributed by atoms with Gasteiger partial charge in [-0.2, -0.15) is 4.98 Å². The van der Waals surface area contributed by atoms with E-state index in [1.165, 1.54) is 0 Å². The fourth-order valence-electron chi connectivity index (χ4n) is 3.35. The third kappa shape index (κ3) is 3.24. The van der Waals surface area contributed by atoms with E-state index in [4.69, 9.17) is 0 Å². The van der Waals surface area contributed by atoms with Crippen LogP contribution in [-0.2, 0) is 0 Å². The normalized spacial score (nSPS) is 15.5. The number of fused-ring (bicyclic) bond motifs is 1. The van der Waals surface area contributed by atoms with E-state index >= 15 is 0 Å². The number of nitrogens with zero attached hydrogens (tertiary/aromatic N) is 4. The van der Waals surface area contributed by atoms with Crippen molar-refractivity contribution < 1.29 is 0 Å². The maximum Gasteiger partial charge on any atom is 0.262 e. The first-order chi connectivity index (χ1) is 12.7. The molecule has 0 bridgehead atoms. The zero-order valence-corrected chi connectivity index (χ0v) is 16.2. The zero-order valence-electron chi connectivity index (χ0n) is 14.6. The van der Waals surface area contributed by atoms with Crippen LogP contribution < -0.4 is 10.5 Å². The third-order valence-electron chi connectivity index (χ3n) is 4.87. The molecular formula is C19H20BrN5O. The summed E-state index contributed by atoms with van der Waals surface area (Å²) in [5, 5.41) is 0.533. The number of anilines is 1. The van der Waals surface area contributed by atoms with Crippen LogP contribution in [0.1, 0.15) is 6.92 Å². The van der Waals surface area contributed by atoms with Crippen LogP contribution in [0.25, 0.3) is 22.2 Å². The molecule has 1 saturated heterocycles. The van der Waals surface area contributed by atoms with E-state index in [1.54, 1.807) is 6.20 Å². The van der Waals surface area contributed by atoms with Crippen LogP contribution in [0.3, 0.4) is 0 Å². The lowest BCUT2D eigenvalue weighted by Crippen LogP contribution is -2.47. The minimum Gasteiger partial charge on any atom is -0.340 e. The number of likely N-dealkylation sites (N-methyl/N-ethyl adjacent to an activating group) is 1. The molecule has 0 radical (unpaired) electrons. The van der Waals surface area contributed by atoms with Gasteiger partial charge < -0.3 is 9.80 Å². The fraction of sp³-hybridized carbons (Fsp3) is 0.316. The van der Waals surface area contributed by atoms with Gasteiger partial charge in [0.2, 0.25) is 5.95 Å². The van der Waals surface area contributed by atoms with Crippen LogP contribution >= 0.6 is 15.9 Å². The molecule has 0 unspecified atom stereocenters. The van der Waals surface area contributed by atoms with Crippen molar-refractivity contribution in [3.05, 3.63) is 51.4 Å². The van der Waals surface area contributed by atoms with E-state index < -0.39 is 0 Å². The summed E-state index contributed by atoms with van der Waals surface area (Å²) < 4.78 is 1.00. The molecule has 134 valence electrons. The molecule has 2 aromatic heterocycles. The van der Waals surface area contributed by atoms with Crippen LogP contribution in [0.2, 0.25) is 0 Å². The molecule has 3 heterocycles. The quantitative estimate of drug-likeness (QED) is 0.714. The summed E-state index contributed by atoms with van der Waals surface area (Å²) in [4.78, 5) is 29.3. The van der Waals surface area contributed by atoms with Gasteiger partial charge in [0.25, 0.3) is 5.56 Å². The van der Waals surface area contributed by atoms with Gasteiger partial charge in [-0.3, -0.25) is 9.78 Å². The number of H-pyrrole nitrogens is 1. The molecule has 1 N–H and O–H groups in total. The van der Waals surface area contributed by atoms with Gasteiger partial charge in [-0.05, 0) is 35.9 Å². The van der Waals surface area contributed by atoms with Crippen molar-refractivity contribution in [2.75, 3.05) is 37.6 Å². The van der Waals surface area contributed by atoms with Gasteiger partial charge in [0.05, 0.1) is 5.39 Å².